The predicted molar refractivity (Wildman–Crippen MR) is 114 cm³/mol. The van der Waals surface area contributed by atoms with Gasteiger partial charge in [0.1, 0.15) is 5.75 Å². The van der Waals surface area contributed by atoms with E-state index in [9.17, 15) is 21.6 Å². The second-order valence-corrected chi connectivity index (χ2v) is 7.52. The number of guanidine groups is 1. The first-order valence-electron chi connectivity index (χ1n) is 8.34. The number of aliphatic imine (C=N–C) groups is 1. The number of halogens is 4. The lowest BCUT2D eigenvalue weighted by Gasteiger charge is -2.12. The zero-order valence-electron chi connectivity index (χ0n) is 15.7. The minimum atomic E-state index is -4.37. The third-order valence-corrected chi connectivity index (χ3v) is 3.83. The summed E-state index contributed by atoms with van der Waals surface area (Å²) in [6.07, 6.45) is -2.68. The first-order chi connectivity index (χ1) is 12.6. The maximum atomic E-state index is 12.1. The van der Waals surface area contributed by atoms with Crippen molar-refractivity contribution >= 4 is 40.0 Å². The zero-order chi connectivity index (χ0) is 20.3. The molecule has 0 aromatic heterocycles. The average Bonchev–Trinajstić information content (AvgIpc) is 2.56. The minimum Gasteiger partial charge on any atom is -0.484 e. The zero-order valence-corrected chi connectivity index (χ0v) is 18.8. The third-order valence-electron chi connectivity index (χ3n) is 3.10. The van der Waals surface area contributed by atoms with Gasteiger partial charge in [-0.3, -0.25) is 0 Å². The van der Waals surface area contributed by atoms with Crippen molar-refractivity contribution in [3.8, 4) is 5.75 Å². The highest BCUT2D eigenvalue weighted by Crippen LogP contribution is 2.19. The van der Waals surface area contributed by atoms with Crippen LogP contribution in [0.25, 0.3) is 0 Å². The van der Waals surface area contributed by atoms with E-state index in [2.05, 4.69) is 25.1 Å². The van der Waals surface area contributed by atoms with Crippen LogP contribution in [-0.4, -0.2) is 53.1 Å². The van der Waals surface area contributed by atoms with E-state index >= 15 is 0 Å². The Morgan fingerprint density at radius 3 is 2.32 bits per heavy atom. The number of nitrogens with zero attached hydrogens (tertiary/aromatic N) is 1. The van der Waals surface area contributed by atoms with Crippen LogP contribution in [0.2, 0.25) is 0 Å². The highest BCUT2D eigenvalue weighted by molar-refractivity contribution is 14.0. The van der Waals surface area contributed by atoms with Crippen molar-refractivity contribution in [2.24, 2.45) is 4.99 Å². The van der Waals surface area contributed by atoms with Gasteiger partial charge in [0, 0.05) is 19.6 Å². The van der Waals surface area contributed by atoms with Crippen LogP contribution in [0.5, 0.6) is 5.75 Å². The van der Waals surface area contributed by atoms with Crippen molar-refractivity contribution in [1.29, 1.82) is 0 Å². The monoisotopic (exact) mass is 538 g/mol. The fourth-order valence-electron chi connectivity index (χ4n) is 1.92. The summed E-state index contributed by atoms with van der Waals surface area (Å²) < 4.78 is 65.4. The molecule has 7 nitrogen and oxygen atoms in total. The number of ether oxygens (including phenoxy) is 1. The Morgan fingerprint density at radius 1 is 1.14 bits per heavy atom. The Hall–Kier alpha value is -1.28. The number of benzene rings is 1. The van der Waals surface area contributed by atoms with E-state index in [0.29, 0.717) is 38.6 Å². The van der Waals surface area contributed by atoms with Crippen molar-refractivity contribution in [3.05, 3.63) is 29.8 Å². The molecule has 1 rings (SSSR count). The molecule has 3 N–H and O–H groups in total. The summed E-state index contributed by atoms with van der Waals surface area (Å²) in [5.41, 5.74) is 0.810. The Morgan fingerprint density at radius 2 is 1.79 bits per heavy atom. The quantitative estimate of drug-likeness (QED) is 0.184. The highest BCUT2D eigenvalue weighted by atomic mass is 127. The number of hydrogen-bond donors (Lipinski definition) is 3. The maximum absolute atomic E-state index is 12.1. The summed E-state index contributed by atoms with van der Waals surface area (Å²) in [6, 6.07) is 6.23. The molecule has 0 radical (unpaired) electrons. The molecule has 1 aromatic carbocycles. The Labute approximate surface area is 180 Å². The summed E-state index contributed by atoms with van der Waals surface area (Å²) in [7, 11) is -3.19. The van der Waals surface area contributed by atoms with E-state index in [1.54, 1.807) is 12.1 Å². The fraction of sp³-hybridized carbons (Fsp3) is 0.562. The SMILES string of the molecule is CCNC(=NCc1ccc(OCC(F)(F)F)cc1)NCCCNS(C)(=O)=O.I. The number of sulfonamides is 1. The van der Waals surface area contributed by atoms with Crippen LogP contribution in [0, 0.1) is 0 Å². The van der Waals surface area contributed by atoms with Crippen LogP contribution in [0.15, 0.2) is 29.3 Å². The number of alkyl halides is 3. The number of rotatable bonds is 10. The van der Waals surface area contributed by atoms with E-state index in [4.69, 9.17) is 0 Å². The van der Waals surface area contributed by atoms with Gasteiger partial charge in [0.2, 0.25) is 10.0 Å². The minimum absolute atomic E-state index is 0. The van der Waals surface area contributed by atoms with E-state index in [0.717, 1.165) is 11.8 Å². The molecule has 0 spiro atoms. The molecule has 0 unspecified atom stereocenters. The highest BCUT2D eigenvalue weighted by Gasteiger charge is 2.28. The van der Waals surface area contributed by atoms with Crippen molar-refractivity contribution < 1.29 is 26.3 Å². The molecule has 1 aromatic rings. The molecule has 28 heavy (non-hydrogen) atoms. The normalized spacial score (nSPS) is 12.2. The number of nitrogens with one attached hydrogen (secondary N) is 3. The van der Waals surface area contributed by atoms with Crippen LogP contribution >= 0.6 is 24.0 Å². The van der Waals surface area contributed by atoms with Gasteiger partial charge >= 0.3 is 6.18 Å². The Balaban J connectivity index is 0.00000729. The molecule has 162 valence electrons. The van der Waals surface area contributed by atoms with E-state index < -0.39 is 22.8 Å². The molecule has 0 aliphatic rings. The Kier molecular flexibility index (Phi) is 12.4. The van der Waals surface area contributed by atoms with Crippen molar-refractivity contribution in [1.82, 2.24) is 15.4 Å². The van der Waals surface area contributed by atoms with Gasteiger partial charge in [-0.1, -0.05) is 12.1 Å². The van der Waals surface area contributed by atoms with Gasteiger partial charge < -0.3 is 15.4 Å². The van der Waals surface area contributed by atoms with Crippen molar-refractivity contribution in [3.63, 3.8) is 0 Å². The summed E-state index contributed by atoms with van der Waals surface area (Å²) in [6.45, 7) is 2.42. The second kappa shape index (κ2) is 13.0. The maximum Gasteiger partial charge on any atom is 0.422 e. The van der Waals surface area contributed by atoms with Crippen LogP contribution in [0.1, 0.15) is 18.9 Å². The molecule has 0 aliphatic carbocycles. The van der Waals surface area contributed by atoms with Gasteiger partial charge in [-0.15, -0.1) is 24.0 Å². The first kappa shape index (κ1) is 26.7. The second-order valence-electron chi connectivity index (χ2n) is 5.69. The standard InChI is InChI=1S/C16H25F3N4O3S.HI/c1-3-20-15(21-9-4-10-23-27(2,24)25)22-11-13-5-7-14(8-6-13)26-12-16(17,18)19;/h5-8,23H,3-4,9-12H2,1-2H3,(H2,20,21,22);1H. The molecule has 0 heterocycles. The summed E-state index contributed by atoms with van der Waals surface area (Å²) in [5.74, 6) is 0.706. The first-order valence-corrected chi connectivity index (χ1v) is 10.2. The number of hydrogen-bond acceptors (Lipinski definition) is 4. The lowest BCUT2D eigenvalue weighted by molar-refractivity contribution is -0.153. The fourth-order valence-corrected chi connectivity index (χ4v) is 2.44. The van der Waals surface area contributed by atoms with Gasteiger partial charge in [-0.05, 0) is 31.0 Å². The molecule has 0 fully saturated rings. The van der Waals surface area contributed by atoms with Gasteiger partial charge in [-0.2, -0.15) is 13.2 Å². The molecule has 0 saturated heterocycles. The molecule has 0 atom stereocenters. The van der Waals surface area contributed by atoms with Crippen LogP contribution < -0.4 is 20.1 Å². The van der Waals surface area contributed by atoms with E-state index in [1.165, 1.54) is 12.1 Å². The van der Waals surface area contributed by atoms with Gasteiger partial charge in [0.25, 0.3) is 0 Å². The molecular weight excluding hydrogens is 512 g/mol. The third kappa shape index (κ3) is 13.8. The van der Waals surface area contributed by atoms with Crippen molar-refractivity contribution in [2.75, 3.05) is 32.5 Å². The largest absolute Gasteiger partial charge is 0.484 e. The molecule has 0 bridgehead atoms. The van der Waals surface area contributed by atoms with E-state index in [1.807, 2.05) is 6.92 Å². The van der Waals surface area contributed by atoms with Crippen LogP contribution in [0.3, 0.4) is 0 Å². The lowest BCUT2D eigenvalue weighted by Crippen LogP contribution is -2.38. The molecule has 0 aliphatic heterocycles. The predicted octanol–water partition coefficient (Wildman–Crippen LogP) is 2.24. The molecule has 12 heteroatoms. The average molecular weight is 538 g/mol. The summed E-state index contributed by atoms with van der Waals surface area (Å²) in [4.78, 5) is 4.38. The van der Waals surface area contributed by atoms with Crippen LogP contribution in [0.4, 0.5) is 13.2 Å². The Bertz CT molecular complexity index is 698. The van der Waals surface area contributed by atoms with Gasteiger partial charge in [0.05, 0.1) is 12.8 Å². The molecule has 0 saturated carbocycles. The van der Waals surface area contributed by atoms with Crippen LogP contribution in [-0.2, 0) is 16.6 Å². The van der Waals surface area contributed by atoms with E-state index in [-0.39, 0.29) is 29.7 Å². The summed E-state index contributed by atoms with van der Waals surface area (Å²) in [5, 5.41) is 6.14. The topological polar surface area (TPSA) is 91.8 Å². The lowest BCUT2D eigenvalue weighted by atomic mass is 10.2. The summed E-state index contributed by atoms with van der Waals surface area (Å²) >= 11 is 0. The molecule has 0 amide bonds. The molecular formula is C16H26F3IN4O3S. The van der Waals surface area contributed by atoms with Crippen molar-refractivity contribution in [2.45, 2.75) is 26.1 Å². The van der Waals surface area contributed by atoms with Gasteiger partial charge in [-0.25, -0.2) is 18.1 Å². The smallest absolute Gasteiger partial charge is 0.422 e. The van der Waals surface area contributed by atoms with Gasteiger partial charge in [0.15, 0.2) is 12.6 Å².